The topological polar surface area (TPSA) is 84.7 Å². The van der Waals surface area contributed by atoms with Crippen LogP contribution < -0.4 is 11.1 Å². The first-order valence-corrected chi connectivity index (χ1v) is 7.74. The summed E-state index contributed by atoms with van der Waals surface area (Å²) in [6.45, 7) is 5.97. The lowest BCUT2D eigenvalue weighted by molar-refractivity contribution is -0.124. The van der Waals surface area contributed by atoms with Gasteiger partial charge in [0, 0.05) is 20.2 Å². The van der Waals surface area contributed by atoms with Gasteiger partial charge in [0.1, 0.15) is 0 Å². The molecule has 0 aromatic heterocycles. The number of carbonyl (C=O) groups excluding carboxylic acids is 2. The van der Waals surface area contributed by atoms with Crippen molar-refractivity contribution in [1.29, 1.82) is 0 Å². The van der Waals surface area contributed by atoms with E-state index in [1.807, 2.05) is 38.1 Å². The highest BCUT2D eigenvalue weighted by molar-refractivity contribution is 5.80. The minimum atomic E-state index is -0.425. The fraction of sp³-hybridized carbons (Fsp3) is 0.529. The van der Waals surface area contributed by atoms with Gasteiger partial charge in [-0.15, -0.1) is 0 Å². The quantitative estimate of drug-likeness (QED) is 0.670. The number of nitrogens with two attached hydrogens (primary N) is 1. The lowest BCUT2D eigenvalue weighted by atomic mass is 10.1. The maximum Gasteiger partial charge on any atom is 0.234 e. The number of amides is 2. The summed E-state index contributed by atoms with van der Waals surface area (Å²) >= 11 is 0. The molecular formula is C17H27N3O3. The molecule has 1 rings (SSSR count). The summed E-state index contributed by atoms with van der Waals surface area (Å²) in [4.78, 5) is 24.9. The second-order valence-electron chi connectivity index (χ2n) is 6.06. The van der Waals surface area contributed by atoms with Crippen molar-refractivity contribution in [3.05, 3.63) is 35.4 Å². The third kappa shape index (κ3) is 8.32. The fourth-order valence-corrected chi connectivity index (χ4v) is 2.38. The standard InChI is InChI=1S/C17H27N3O3/c1-13(2)9-20(10-16(18)21)11-17(22)19-8-14-5-4-6-15(7-14)12-23-3/h4-7,13H,8-12H2,1-3H3,(H2,18,21)(H,19,22). The molecule has 0 aliphatic heterocycles. The Hall–Kier alpha value is -1.92. The van der Waals surface area contributed by atoms with Crippen LogP contribution in [0.5, 0.6) is 0 Å². The third-order valence-corrected chi connectivity index (χ3v) is 3.16. The molecule has 2 amide bonds. The van der Waals surface area contributed by atoms with Gasteiger partial charge in [0.15, 0.2) is 0 Å². The van der Waals surface area contributed by atoms with Crippen molar-refractivity contribution in [2.75, 3.05) is 26.7 Å². The van der Waals surface area contributed by atoms with Crippen LogP contribution in [-0.2, 0) is 27.5 Å². The molecule has 0 unspecified atom stereocenters. The van der Waals surface area contributed by atoms with Crippen LogP contribution >= 0.6 is 0 Å². The summed E-state index contributed by atoms with van der Waals surface area (Å²) in [5.41, 5.74) is 7.31. The van der Waals surface area contributed by atoms with E-state index in [0.29, 0.717) is 25.6 Å². The number of benzene rings is 1. The second kappa shape index (κ2) is 9.97. The first kappa shape index (κ1) is 19.1. The zero-order valence-corrected chi connectivity index (χ0v) is 14.2. The molecule has 0 saturated carbocycles. The molecule has 0 aliphatic carbocycles. The number of primary amides is 1. The van der Waals surface area contributed by atoms with Gasteiger partial charge in [-0.1, -0.05) is 38.1 Å². The molecule has 0 aliphatic rings. The van der Waals surface area contributed by atoms with Crippen molar-refractivity contribution in [3.63, 3.8) is 0 Å². The lowest BCUT2D eigenvalue weighted by Gasteiger charge is -2.22. The molecule has 0 heterocycles. The van der Waals surface area contributed by atoms with Gasteiger partial charge in [-0.05, 0) is 17.0 Å². The second-order valence-corrected chi connectivity index (χ2v) is 6.06. The average molecular weight is 321 g/mol. The van der Waals surface area contributed by atoms with Gasteiger partial charge in [0.25, 0.3) is 0 Å². The Labute approximate surface area is 138 Å². The molecule has 1 aromatic rings. The molecule has 23 heavy (non-hydrogen) atoms. The number of carbonyl (C=O) groups is 2. The number of ether oxygens (including phenoxy) is 1. The maximum absolute atomic E-state index is 12.1. The predicted molar refractivity (Wildman–Crippen MR) is 89.5 cm³/mol. The summed E-state index contributed by atoms with van der Waals surface area (Å²) in [6, 6.07) is 7.87. The number of nitrogens with zero attached hydrogens (tertiary/aromatic N) is 1. The van der Waals surface area contributed by atoms with E-state index in [1.54, 1.807) is 12.0 Å². The van der Waals surface area contributed by atoms with Crippen LogP contribution in [-0.4, -0.2) is 43.5 Å². The molecule has 128 valence electrons. The molecule has 0 spiro atoms. The van der Waals surface area contributed by atoms with Crippen molar-refractivity contribution in [2.45, 2.75) is 27.0 Å². The molecule has 1 aromatic carbocycles. The Kier molecular flexibility index (Phi) is 8.29. The van der Waals surface area contributed by atoms with Crippen LogP contribution in [0, 0.1) is 5.92 Å². The minimum Gasteiger partial charge on any atom is -0.380 e. The lowest BCUT2D eigenvalue weighted by Crippen LogP contribution is -2.42. The van der Waals surface area contributed by atoms with Crippen LogP contribution in [0.4, 0.5) is 0 Å². The van der Waals surface area contributed by atoms with E-state index in [0.717, 1.165) is 11.1 Å². The fourth-order valence-electron chi connectivity index (χ4n) is 2.38. The summed E-state index contributed by atoms with van der Waals surface area (Å²) in [5.74, 6) is -0.192. The first-order chi connectivity index (χ1) is 10.9. The molecule has 0 fully saturated rings. The number of nitrogens with one attached hydrogen (secondary N) is 1. The molecule has 0 bridgehead atoms. The highest BCUT2D eigenvalue weighted by Gasteiger charge is 2.14. The molecular weight excluding hydrogens is 294 g/mol. The largest absolute Gasteiger partial charge is 0.380 e. The first-order valence-electron chi connectivity index (χ1n) is 7.74. The smallest absolute Gasteiger partial charge is 0.234 e. The maximum atomic E-state index is 12.1. The van der Waals surface area contributed by atoms with Gasteiger partial charge in [-0.2, -0.15) is 0 Å². The number of hydrogen-bond donors (Lipinski definition) is 2. The number of methoxy groups -OCH3 is 1. The van der Waals surface area contributed by atoms with Crippen LogP contribution in [0.15, 0.2) is 24.3 Å². The molecule has 0 saturated heterocycles. The summed E-state index contributed by atoms with van der Waals surface area (Å²) in [6.07, 6.45) is 0. The highest BCUT2D eigenvalue weighted by Crippen LogP contribution is 2.06. The summed E-state index contributed by atoms with van der Waals surface area (Å²) < 4.78 is 5.10. The summed E-state index contributed by atoms with van der Waals surface area (Å²) in [5, 5.41) is 2.87. The molecule has 3 N–H and O–H groups in total. The van der Waals surface area contributed by atoms with E-state index in [9.17, 15) is 9.59 Å². The Bertz CT molecular complexity index is 518. The van der Waals surface area contributed by atoms with Crippen molar-refractivity contribution in [1.82, 2.24) is 10.2 Å². The highest BCUT2D eigenvalue weighted by atomic mass is 16.5. The van der Waals surface area contributed by atoms with Crippen molar-refractivity contribution >= 4 is 11.8 Å². The number of hydrogen-bond acceptors (Lipinski definition) is 4. The Morgan fingerprint density at radius 1 is 1.26 bits per heavy atom. The van der Waals surface area contributed by atoms with Gasteiger partial charge >= 0.3 is 0 Å². The Morgan fingerprint density at radius 2 is 1.96 bits per heavy atom. The van der Waals surface area contributed by atoms with Gasteiger partial charge in [0.05, 0.1) is 19.7 Å². The van der Waals surface area contributed by atoms with Crippen LogP contribution in [0.1, 0.15) is 25.0 Å². The van der Waals surface area contributed by atoms with Crippen LogP contribution in [0.2, 0.25) is 0 Å². The normalized spacial score (nSPS) is 11.0. The minimum absolute atomic E-state index is 0.0922. The molecule has 0 atom stereocenters. The van der Waals surface area contributed by atoms with Crippen molar-refractivity contribution in [2.24, 2.45) is 11.7 Å². The van der Waals surface area contributed by atoms with Crippen molar-refractivity contribution < 1.29 is 14.3 Å². The predicted octanol–water partition coefficient (Wildman–Crippen LogP) is 0.893. The number of rotatable bonds is 10. The average Bonchev–Trinajstić information content (AvgIpc) is 2.44. The van der Waals surface area contributed by atoms with Crippen molar-refractivity contribution in [3.8, 4) is 0 Å². The molecule has 6 nitrogen and oxygen atoms in total. The zero-order valence-electron chi connectivity index (χ0n) is 14.2. The van der Waals surface area contributed by atoms with Gasteiger partial charge in [-0.25, -0.2) is 0 Å². The van der Waals surface area contributed by atoms with Gasteiger partial charge in [0.2, 0.25) is 11.8 Å². The van der Waals surface area contributed by atoms with E-state index in [2.05, 4.69) is 5.32 Å². The van der Waals surface area contributed by atoms with Crippen LogP contribution in [0.25, 0.3) is 0 Å². The third-order valence-electron chi connectivity index (χ3n) is 3.16. The van der Waals surface area contributed by atoms with Crippen LogP contribution in [0.3, 0.4) is 0 Å². The van der Waals surface area contributed by atoms with E-state index >= 15 is 0 Å². The summed E-state index contributed by atoms with van der Waals surface area (Å²) in [7, 11) is 1.65. The van der Waals surface area contributed by atoms with E-state index in [-0.39, 0.29) is 19.0 Å². The van der Waals surface area contributed by atoms with E-state index in [1.165, 1.54) is 0 Å². The van der Waals surface area contributed by atoms with Gasteiger partial charge in [-0.3, -0.25) is 14.5 Å². The Morgan fingerprint density at radius 3 is 2.57 bits per heavy atom. The van der Waals surface area contributed by atoms with E-state index in [4.69, 9.17) is 10.5 Å². The van der Waals surface area contributed by atoms with E-state index < -0.39 is 5.91 Å². The Balaban J connectivity index is 2.50. The molecule has 6 heteroatoms. The zero-order chi connectivity index (χ0) is 17.2. The SMILES string of the molecule is COCc1cccc(CNC(=O)CN(CC(N)=O)CC(C)C)c1. The monoisotopic (exact) mass is 321 g/mol. The van der Waals surface area contributed by atoms with Gasteiger partial charge < -0.3 is 15.8 Å². The molecule has 0 radical (unpaired) electrons.